The molecule has 4 N–H and O–H groups in total. The lowest BCUT2D eigenvalue weighted by Crippen LogP contribution is -2.34. The summed E-state index contributed by atoms with van der Waals surface area (Å²) in [5.74, 6) is -2.42. The molecule has 0 rings (SSSR count). The predicted molar refractivity (Wildman–Crippen MR) is 153 cm³/mol. The Morgan fingerprint density at radius 1 is 0.750 bits per heavy atom. The van der Waals surface area contributed by atoms with Crippen molar-refractivity contribution in [3.05, 3.63) is 12.2 Å². The largest absolute Gasteiger partial charge is 0.480 e. The number of hydrogen-bond donors (Lipinski definition) is 3. The van der Waals surface area contributed by atoms with E-state index in [4.69, 9.17) is 24.8 Å². The van der Waals surface area contributed by atoms with Crippen molar-refractivity contribution >= 4 is 25.7 Å². The van der Waals surface area contributed by atoms with E-state index in [0.717, 1.165) is 51.4 Å². The molecule has 0 fully saturated rings. The van der Waals surface area contributed by atoms with E-state index >= 15 is 0 Å². The second-order valence-electron chi connectivity index (χ2n) is 9.88. The van der Waals surface area contributed by atoms with Crippen molar-refractivity contribution in [2.24, 2.45) is 5.73 Å². The van der Waals surface area contributed by atoms with Gasteiger partial charge < -0.3 is 25.2 Å². The van der Waals surface area contributed by atoms with Gasteiger partial charge in [0.15, 0.2) is 6.10 Å². The molecule has 40 heavy (non-hydrogen) atoms. The number of esters is 2. The van der Waals surface area contributed by atoms with Crippen LogP contribution in [0.25, 0.3) is 0 Å². The first-order valence-corrected chi connectivity index (χ1v) is 16.2. The Morgan fingerprint density at radius 3 is 1.88 bits per heavy atom. The summed E-state index contributed by atoms with van der Waals surface area (Å²) in [4.78, 5) is 44.9. The van der Waals surface area contributed by atoms with Gasteiger partial charge in [-0.15, -0.1) is 0 Å². The number of carbonyl (C=O) groups is 3. The van der Waals surface area contributed by atoms with Gasteiger partial charge in [-0.2, -0.15) is 0 Å². The van der Waals surface area contributed by atoms with Gasteiger partial charge in [-0.05, 0) is 38.5 Å². The first-order valence-electron chi connectivity index (χ1n) is 14.7. The summed E-state index contributed by atoms with van der Waals surface area (Å²) < 4.78 is 32.0. The molecule has 0 aliphatic carbocycles. The van der Waals surface area contributed by atoms with E-state index in [0.29, 0.717) is 12.8 Å². The van der Waals surface area contributed by atoms with Crippen molar-refractivity contribution in [1.82, 2.24) is 0 Å². The predicted octanol–water partition coefficient (Wildman–Crippen LogP) is 5.82. The van der Waals surface area contributed by atoms with E-state index in [1.165, 1.54) is 25.7 Å². The molecule has 0 saturated heterocycles. The number of phosphoric ester groups is 1. The van der Waals surface area contributed by atoms with Gasteiger partial charge in [0.1, 0.15) is 12.6 Å². The molecule has 0 aromatic rings. The summed E-state index contributed by atoms with van der Waals surface area (Å²) in [5.41, 5.74) is 5.26. The molecular formula is C28H52NO10P. The third-order valence-electron chi connectivity index (χ3n) is 6.01. The normalized spacial score (nSPS) is 14.5. The lowest BCUT2D eigenvalue weighted by molar-refractivity contribution is -0.161. The minimum atomic E-state index is -4.68. The number of ether oxygens (including phenoxy) is 2. The molecule has 11 nitrogen and oxygen atoms in total. The van der Waals surface area contributed by atoms with Gasteiger partial charge in [0.05, 0.1) is 13.2 Å². The second-order valence-corrected chi connectivity index (χ2v) is 11.3. The zero-order valence-electron chi connectivity index (χ0n) is 24.4. The number of hydrogen-bond acceptors (Lipinski definition) is 9. The molecule has 3 unspecified atom stereocenters. The van der Waals surface area contributed by atoms with Crippen LogP contribution in [0.4, 0.5) is 0 Å². The van der Waals surface area contributed by atoms with Crippen LogP contribution in [-0.4, -0.2) is 59.9 Å². The minimum Gasteiger partial charge on any atom is -0.480 e. The summed E-state index contributed by atoms with van der Waals surface area (Å²) in [6.07, 6.45) is 18.2. The molecule has 234 valence electrons. The van der Waals surface area contributed by atoms with E-state index in [-0.39, 0.29) is 19.4 Å². The highest BCUT2D eigenvalue weighted by Gasteiger charge is 2.28. The number of unbranched alkanes of at least 4 members (excludes halogenated alkanes) is 11. The van der Waals surface area contributed by atoms with Gasteiger partial charge in [0.2, 0.25) is 0 Å². The number of nitrogens with two attached hydrogens (primary N) is 1. The van der Waals surface area contributed by atoms with Gasteiger partial charge in [0.25, 0.3) is 0 Å². The van der Waals surface area contributed by atoms with Crippen LogP contribution in [0.1, 0.15) is 117 Å². The quantitative estimate of drug-likeness (QED) is 0.0453. The summed E-state index contributed by atoms with van der Waals surface area (Å²) in [6, 6.07) is -1.52. The Morgan fingerprint density at radius 2 is 1.25 bits per heavy atom. The van der Waals surface area contributed by atoms with Gasteiger partial charge in [-0.1, -0.05) is 77.4 Å². The van der Waals surface area contributed by atoms with Crippen molar-refractivity contribution < 1.29 is 47.5 Å². The van der Waals surface area contributed by atoms with Crippen LogP contribution < -0.4 is 5.73 Å². The summed E-state index contributed by atoms with van der Waals surface area (Å²) >= 11 is 0. The van der Waals surface area contributed by atoms with Crippen molar-refractivity contribution in [1.29, 1.82) is 0 Å². The zero-order valence-corrected chi connectivity index (χ0v) is 25.3. The maximum Gasteiger partial charge on any atom is 0.472 e. The lowest BCUT2D eigenvalue weighted by Gasteiger charge is -2.20. The van der Waals surface area contributed by atoms with Crippen molar-refractivity contribution in [2.75, 3.05) is 19.8 Å². The van der Waals surface area contributed by atoms with E-state index < -0.39 is 51.1 Å². The van der Waals surface area contributed by atoms with Crippen LogP contribution in [0.15, 0.2) is 12.2 Å². The van der Waals surface area contributed by atoms with E-state index in [2.05, 4.69) is 23.6 Å². The van der Waals surface area contributed by atoms with Gasteiger partial charge in [-0.25, -0.2) is 4.57 Å². The lowest BCUT2D eigenvalue weighted by atomic mass is 10.1. The number of carboxylic acid groups (broad SMARTS) is 1. The van der Waals surface area contributed by atoms with Crippen LogP contribution in [-0.2, 0) is 37.5 Å². The van der Waals surface area contributed by atoms with Crippen LogP contribution in [0.3, 0.4) is 0 Å². The van der Waals surface area contributed by atoms with Gasteiger partial charge >= 0.3 is 25.7 Å². The summed E-state index contributed by atoms with van der Waals surface area (Å²) in [7, 11) is -4.68. The Kier molecular flexibility index (Phi) is 23.9. The monoisotopic (exact) mass is 593 g/mol. The third-order valence-corrected chi connectivity index (χ3v) is 6.96. The highest BCUT2D eigenvalue weighted by molar-refractivity contribution is 7.47. The fraction of sp³-hybridized carbons (Fsp3) is 0.821. The third kappa shape index (κ3) is 24.1. The van der Waals surface area contributed by atoms with E-state index in [1.807, 2.05) is 6.92 Å². The smallest absolute Gasteiger partial charge is 0.472 e. The number of carboxylic acids is 1. The summed E-state index contributed by atoms with van der Waals surface area (Å²) in [5, 5.41) is 8.76. The number of phosphoric acid groups is 1. The SMILES string of the molecule is CCCCCC/C=C\CCCCCCCC(=O)OC(COC(=O)CCCCC)COP(=O)(O)OCC(N)C(=O)O. The van der Waals surface area contributed by atoms with E-state index in [1.54, 1.807) is 0 Å². The minimum absolute atomic E-state index is 0.152. The molecule has 0 aliphatic heterocycles. The van der Waals surface area contributed by atoms with Crippen LogP contribution in [0.2, 0.25) is 0 Å². The standard InChI is InChI=1S/C28H52NO10P/c1-3-5-7-8-9-10-11-12-13-14-15-16-18-20-27(31)39-24(21-36-26(30)19-17-6-4-2)22-37-40(34,35)38-23-25(29)28(32)33/h10-11,24-25H,3-9,12-23,29H2,1-2H3,(H,32,33)(H,34,35)/b11-10-. The van der Waals surface area contributed by atoms with Crippen LogP contribution in [0.5, 0.6) is 0 Å². The highest BCUT2D eigenvalue weighted by Crippen LogP contribution is 2.43. The fourth-order valence-corrected chi connectivity index (χ4v) is 4.36. The first-order chi connectivity index (χ1) is 19.1. The Hall–Kier alpha value is -1.78. The number of allylic oxidation sites excluding steroid dienone is 2. The first kappa shape index (κ1) is 38.2. The number of rotatable bonds is 27. The average molecular weight is 594 g/mol. The second kappa shape index (κ2) is 25.0. The molecule has 0 radical (unpaired) electrons. The van der Waals surface area contributed by atoms with Crippen molar-refractivity contribution in [3.63, 3.8) is 0 Å². The van der Waals surface area contributed by atoms with Gasteiger partial charge in [-0.3, -0.25) is 23.4 Å². The molecule has 0 aromatic heterocycles. The highest BCUT2D eigenvalue weighted by atomic mass is 31.2. The molecule has 0 amide bonds. The fourth-order valence-electron chi connectivity index (χ4n) is 3.59. The molecule has 0 saturated carbocycles. The van der Waals surface area contributed by atoms with E-state index in [9.17, 15) is 23.8 Å². The molecule has 0 aliphatic rings. The molecule has 0 heterocycles. The Labute approximate surface area is 239 Å². The molecule has 0 aromatic carbocycles. The molecule has 0 spiro atoms. The Balaban J connectivity index is 4.43. The number of carbonyl (C=O) groups excluding carboxylic acids is 2. The van der Waals surface area contributed by atoms with Crippen molar-refractivity contribution in [2.45, 2.75) is 129 Å². The average Bonchev–Trinajstić information content (AvgIpc) is 2.91. The molecular weight excluding hydrogens is 541 g/mol. The summed E-state index contributed by atoms with van der Waals surface area (Å²) in [6.45, 7) is 2.52. The maximum atomic E-state index is 12.4. The van der Waals surface area contributed by atoms with Crippen LogP contribution in [0, 0.1) is 0 Å². The number of aliphatic carboxylic acids is 1. The van der Waals surface area contributed by atoms with Gasteiger partial charge in [0, 0.05) is 12.8 Å². The van der Waals surface area contributed by atoms with Crippen LogP contribution >= 0.6 is 7.82 Å². The Bertz CT molecular complexity index is 761. The van der Waals surface area contributed by atoms with Crippen molar-refractivity contribution in [3.8, 4) is 0 Å². The molecule has 12 heteroatoms. The molecule has 3 atom stereocenters. The topological polar surface area (TPSA) is 172 Å². The zero-order chi connectivity index (χ0) is 30.1. The molecule has 0 bridgehead atoms. The maximum absolute atomic E-state index is 12.4.